The van der Waals surface area contributed by atoms with Crippen molar-refractivity contribution in [2.45, 2.75) is 65.8 Å². The maximum atomic E-state index is 3.50. The van der Waals surface area contributed by atoms with E-state index < -0.39 is 0 Å². The Morgan fingerprint density at radius 1 is 1.06 bits per heavy atom. The molecule has 1 fully saturated rings. The van der Waals surface area contributed by atoms with Gasteiger partial charge in [-0.15, -0.1) is 0 Å². The fraction of sp³-hybridized carbons (Fsp3) is 1.00. The average molecular weight is 254 g/mol. The lowest BCUT2D eigenvalue weighted by Gasteiger charge is -2.21. The number of nitrogens with one attached hydrogen (secondary N) is 1. The molecule has 1 rings (SSSR count). The van der Waals surface area contributed by atoms with Gasteiger partial charge < -0.3 is 10.2 Å². The van der Waals surface area contributed by atoms with E-state index in [4.69, 9.17) is 0 Å². The van der Waals surface area contributed by atoms with Crippen molar-refractivity contribution in [3.05, 3.63) is 0 Å². The maximum Gasteiger partial charge on any atom is 0.00103 e. The third-order valence-corrected chi connectivity index (χ3v) is 4.26. The molecule has 1 aliphatic rings. The van der Waals surface area contributed by atoms with Crippen LogP contribution in [0.2, 0.25) is 0 Å². The SMILES string of the molecule is CC(C)NCCCCN1CCCC(C(C)C)CC1. The Kier molecular flexibility index (Phi) is 7.92. The van der Waals surface area contributed by atoms with E-state index in [0.29, 0.717) is 6.04 Å². The molecule has 0 bridgehead atoms. The Bertz CT molecular complexity index is 201. The second kappa shape index (κ2) is 8.92. The first kappa shape index (κ1) is 16.0. The first-order valence-electron chi connectivity index (χ1n) is 8.05. The predicted molar refractivity (Wildman–Crippen MR) is 81.0 cm³/mol. The Labute approximate surface area is 115 Å². The molecular weight excluding hydrogens is 220 g/mol. The lowest BCUT2D eigenvalue weighted by Crippen LogP contribution is -2.28. The Morgan fingerprint density at radius 2 is 1.83 bits per heavy atom. The van der Waals surface area contributed by atoms with Crippen LogP contribution < -0.4 is 5.32 Å². The summed E-state index contributed by atoms with van der Waals surface area (Å²) in [6.45, 7) is 14.4. The quantitative estimate of drug-likeness (QED) is 0.699. The molecule has 1 unspecified atom stereocenters. The van der Waals surface area contributed by atoms with Gasteiger partial charge in [0, 0.05) is 6.04 Å². The average Bonchev–Trinajstić information content (AvgIpc) is 2.53. The third-order valence-electron chi connectivity index (χ3n) is 4.26. The lowest BCUT2D eigenvalue weighted by atomic mass is 9.89. The molecule has 0 saturated carbocycles. The minimum Gasteiger partial charge on any atom is -0.315 e. The Morgan fingerprint density at radius 3 is 2.50 bits per heavy atom. The zero-order valence-electron chi connectivity index (χ0n) is 13.0. The molecule has 1 saturated heterocycles. The zero-order valence-corrected chi connectivity index (χ0v) is 13.0. The van der Waals surface area contributed by atoms with E-state index in [1.165, 1.54) is 58.3 Å². The summed E-state index contributed by atoms with van der Waals surface area (Å²) in [7, 11) is 0. The monoisotopic (exact) mass is 254 g/mol. The molecular formula is C16H34N2. The highest BCUT2D eigenvalue weighted by Crippen LogP contribution is 2.24. The van der Waals surface area contributed by atoms with Gasteiger partial charge in [-0.3, -0.25) is 0 Å². The van der Waals surface area contributed by atoms with Crippen molar-refractivity contribution in [3.63, 3.8) is 0 Å². The van der Waals surface area contributed by atoms with E-state index in [9.17, 15) is 0 Å². The van der Waals surface area contributed by atoms with Gasteiger partial charge in [0.25, 0.3) is 0 Å². The van der Waals surface area contributed by atoms with Gasteiger partial charge in [0.2, 0.25) is 0 Å². The summed E-state index contributed by atoms with van der Waals surface area (Å²) in [6, 6.07) is 0.634. The molecule has 0 amide bonds. The second-order valence-electron chi connectivity index (χ2n) is 6.59. The summed E-state index contributed by atoms with van der Waals surface area (Å²) in [4.78, 5) is 2.69. The largest absolute Gasteiger partial charge is 0.315 e. The molecule has 2 heteroatoms. The van der Waals surface area contributed by atoms with Gasteiger partial charge in [0.05, 0.1) is 0 Å². The van der Waals surface area contributed by atoms with Gasteiger partial charge in [-0.1, -0.05) is 27.7 Å². The summed E-state index contributed by atoms with van der Waals surface area (Å²) in [6.07, 6.45) is 6.95. The number of rotatable bonds is 7. The topological polar surface area (TPSA) is 15.3 Å². The van der Waals surface area contributed by atoms with Crippen LogP contribution in [0, 0.1) is 11.8 Å². The Hall–Kier alpha value is -0.0800. The number of likely N-dealkylation sites (tertiary alicyclic amines) is 1. The first-order valence-corrected chi connectivity index (χ1v) is 8.05. The molecule has 1 N–H and O–H groups in total. The van der Waals surface area contributed by atoms with Crippen LogP contribution in [0.3, 0.4) is 0 Å². The molecule has 0 aromatic carbocycles. The summed E-state index contributed by atoms with van der Waals surface area (Å²) in [5, 5.41) is 3.50. The normalized spacial score (nSPS) is 22.7. The van der Waals surface area contributed by atoms with Crippen LogP contribution in [-0.2, 0) is 0 Å². The van der Waals surface area contributed by atoms with Gasteiger partial charge in [-0.2, -0.15) is 0 Å². The van der Waals surface area contributed by atoms with Crippen LogP contribution in [-0.4, -0.2) is 37.1 Å². The van der Waals surface area contributed by atoms with E-state index in [-0.39, 0.29) is 0 Å². The third kappa shape index (κ3) is 6.75. The van der Waals surface area contributed by atoms with E-state index in [1.54, 1.807) is 0 Å². The first-order chi connectivity index (χ1) is 8.59. The van der Waals surface area contributed by atoms with Crippen molar-refractivity contribution in [3.8, 4) is 0 Å². The molecule has 0 aromatic rings. The summed E-state index contributed by atoms with van der Waals surface area (Å²) < 4.78 is 0. The number of hydrogen-bond donors (Lipinski definition) is 1. The van der Waals surface area contributed by atoms with Crippen molar-refractivity contribution in [1.29, 1.82) is 0 Å². The molecule has 18 heavy (non-hydrogen) atoms. The molecule has 0 spiro atoms. The van der Waals surface area contributed by atoms with Gasteiger partial charge in [-0.25, -0.2) is 0 Å². The molecule has 1 heterocycles. The second-order valence-corrected chi connectivity index (χ2v) is 6.59. The number of hydrogen-bond acceptors (Lipinski definition) is 2. The highest BCUT2D eigenvalue weighted by molar-refractivity contribution is 4.72. The van der Waals surface area contributed by atoms with Crippen LogP contribution in [0.25, 0.3) is 0 Å². The van der Waals surface area contributed by atoms with Crippen LogP contribution in [0.15, 0.2) is 0 Å². The van der Waals surface area contributed by atoms with Crippen LogP contribution in [0.4, 0.5) is 0 Å². The van der Waals surface area contributed by atoms with Crippen molar-refractivity contribution < 1.29 is 0 Å². The van der Waals surface area contributed by atoms with Crippen LogP contribution in [0.5, 0.6) is 0 Å². The van der Waals surface area contributed by atoms with Gasteiger partial charge in [0.15, 0.2) is 0 Å². The van der Waals surface area contributed by atoms with Gasteiger partial charge in [0.1, 0.15) is 0 Å². The molecule has 108 valence electrons. The fourth-order valence-corrected chi connectivity index (χ4v) is 2.92. The van der Waals surface area contributed by atoms with Gasteiger partial charge >= 0.3 is 0 Å². The van der Waals surface area contributed by atoms with E-state index in [2.05, 4.69) is 37.9 Å². The summed E-state index contributed by atoms with van der Waals surface area (Å²) in [5.74, 6) is 1.85. The molecule has 1 aliphatic heterocycles. The van der Waals surface area contributed by atoms with E-state index in [1.807, 2.05) is 0 Å². The minimum absolute atomic E-state index is 0.634. The highest BCUT2D eigenvalue weighted by atomic mass is 15.1. The van der Waals surface area contributed by atoms with E-state index in [0.717, 1.165) is 11.8 Å². The summed E-state index contributed by atoms with van der Waals surface area (Å²) >= 11 is 0. The predicted octanol–water partition coefficient (Wildman–Crippen LogP) is 3.52. The van der Waals surface area contributed by atoms with E-state index >= 15 is 0 Å². The lowest BCUT2D eigenvalue weighted by molar-refractivity contribution is 0.266. The fourth-order valence-electron chi connectivity index (χ4n) is 2.92. The van der Waals surface area contributed by atoms with Crippen LogP contribution >= 0.6 is 0 Å². The maximum absolute atomic E-state index is 3.50. The number of nitrogens with zero attached hydrogens (tertiary/aromatic N) is 1. The standard InChI is InChI=1S/C16H34N2/c1-14(2)16-8-7-12-18(13-9-16)11-6-5-10-17-15(3)4/h14-17H,5-13H2,1-4H3. The van der Waals surface area contributed by atoms with Crippen molar-refractivity contribution in [2.24, 2.45) is 11.8 Å². The molecule has 1 atom stereocenters. The van der Waals surface area contributed by atoms with Crippen molar-refractivity contribution in [1.82, 2.24) is 10.2 Å². The molecule has 0 radical (unpaired) electrons. The minimum atomic E-state index is 0.634. The molecule has 0 aromatic heterocycles. The Balaban J connectivity index is 2.08. The number of unbranched alkanes of at least 4 members (excludes halogenated alkanes) is 1. The van der Waals surface area contributed by atoms with Gasteiger partial charge in [-0.05, 0) is 70.1 Å². The molecule has 0 aliphatic carbocycles. The zero-order chi connectivity index (χ0) is 13.4. The van der Waals surface area contributed by atoms with Crippen molar-refractivity contribution in [2.75, 3.05) is 26.2 Å². The van der Waals surface area contributed by atoms with Crippen LogP contribution in [0.1, 0.15) is 59.8 Å². The highest BCUT2D eigenvalue weighted by Gasteiger charge is 2.18. The molecule has 2 nitrogen and oxygen atoms in total. The van der Waals surface area contributed by atoms with Crippen molar-refractivity contribution >= 4 is 0 Å². The summed E-state index contributed by atoms with van der Waals surface area (Å²) in [5.41, 5.74) is 0. The smallest absolute Gasteiger partial charge is 0.00103 e.